The van der Waals surface area contributed by atoms with Crippen LogP contribution >= 0.6 is 0 Å². The Bertz CT molecular complexity index is 1270. The van der Waals surface area contributed by atoms with E-state index in [-0.39, 0.29) is 24.1 Å². The van der Waals surface area contributed by atoms with Crippen molar-refractivity contribution in [3.05, 3.63) is 63.7 Å². The molecule has 2 aromatic carbocycles. The van der Waals surface area contributed by atoms with Crippen molar-refractivity contribution < 1.29 is 28.8 Å². The number of benzene rings is 2. The van der Waals surface area contributed by atoms with Crippen molar-refractivity contribution in [2.75, 3.05) is 44.2 Å². The minimum absolute atomic E-state index is 0.0104. The Morgan fingerprint density at radius 3 is 2.38 bits per heavy atom. The maximum atomic E-state index is 13.3. The number of imide groups is 2. The van der Waals surface area contributed by atoms with Crippen molar-refractivity contribution in [1.82, 2.24) is 15.1 Å². The minimum atomic E-state index is -0.995. The van der Waals surface area contributed by atoms with E-state index >= 15 is 0 Å². The molecule has 1 N–H and O–H groups in total. The molecule has 12 heteroatoms. The predicted molar refractivity (Wildman–Crippen MR) is 130 cm³/mol. The average molecular weight is 508 g/mol. The van der Waals surface area contributed by atoms with Crippen molar-refractivity contribution in [2.45, 2.75) is 18.9 Å². The fourth-order valence-corrected chi connectivity index (χ4v) is 4.93. The molecule has 37 heavy (non-hydrogen) atoms. The van der Waals surface area contributed by atoms with Crippen LogP contribution in [0.5, 0.6) is 5.75 Å². The molecule has 1 atom stereocenters. The van der Waals surface area contributed by atoms with Gasteiger partial charge < -0.3 is 9.64 Å². The van der Waals surface area contributed by atoms with E-state index in [0.717, 1.165) is 4.90 Å². The number of ether oxygens (including phenoxy) is 1. The number of piperidine rings is 1. The van der Waals surface area contributed by atoms with Crippen LogP contribution in [-0.4, -0.2) is 83.7 Å². The summed E-state index contributed by atoms with van der Waals surface area (Å²) in [5, 5.41) is 13.0. The van der Waals surface area contributed by atoms with Gasteiger partial charge in [0.2, 0.25) is 11.8 Å². The van der Waals surface area contributed by atoms with E-state index in [1.165, 1.54) is 12.1 Å². The zero-order chi connectivity index (χ0) is 26.1. The van der Waals surface area contributed by atoms with Gasteiger partial charge in [0.05, 0.1) is 21.7 Å². The van der Waals surface area contributed by atoms with Crippen molar-refractivity contribution in [1.29, 1.82) is 0 Å². The molecule has 4 amide bonds. The normalized spacial score (nSPS) is 20.2. The second kappa shape index (κ2) is 9.97. The van der Waals surface area contributed by atoms with E-state index in [2.05, 4.69) is 15.1 Å². The number of nitro groups is 1. The molecule has 0 saturated carbocycles. The molecule has 0 bridgehead atoms. The molecule has 2 saturated heterocycles. The number of piperazine rings is 1. The number of carbonyl (C=O) groups is 4. The number of nitrogens with zero attached hydrogens (tertiary/aromatic N) is 4. The molecule has 3 aliphatic rings. The van der Waals surface area contributed by atoms with Gasteiger partial charge in [-0.15, -0.1) is 0 Å². The maximum Gasteiger partial charge on any atom is 0.269 e. The van der Waals surface area contributed by atoms with E-state index in [0.29, 0.717) is 56.3 Å². The predicted octanol–water partition coefficient (Wildman–Crippen LogP) is 1.20. The molecular formula is C25H25N5O7. The number of amides is 4. The second-order valence-corrected chi connectivity index (χ2v) is 9.08. The lowest BCUT2D eigenvalue weighted by atomic mass is 10.0. The van der Waals surface area contributed by atoms with Crippen LogP contribution < -0.4 is 15.0 Å². The molecule has 3 heterocycles. The van der Waals surface area contributed by atoms with Crippen LogP contribution in [0.15, 0.2) is 42.5 Å². The number of nitro benzene ring substituents is 1. The molecule has 0 spiro atoms. The fraction of sp³-hybridized carbons (Fsp3) is 0.360. The standard InChI is InChI=1S/C25H25N5O7/c31-21-9-8-20(23(32)26-21)29-24(33)18-2-1-3-19(22(18)25(29)34)28-12-10-27(11-13-28)14-15-37-17-6-4-16(5-7-17)30(35)36/h1-7,20H,8-15H2,(H,26,31,32). The Hall–Kier alpha value is -4.32. The highest BCUT2D eigenvalue weighted by atomic mass is 16.6. The lowest BCUT2D eigenvalue weighted by Crippen LogP contribution is -2.54. The van der Waals surface area contributed by atoms with Crippen LogP contribution in [0.2, 0.25) is 0 Å². The number of anilines is 1. The quantitative estimate of drug-likeness (QED) is 0.332. The molecule has 192 valence electrons. The van der Waals surface area contributed by atoms with Crippen molar-refractivity contribution >= 4 is 35.0 Å². The van der Waals surface area contributed by atoms with Gasteiger partial charge in [0.15, 0.2) is 0 Å². The third kappa shape index (κ3) is 4.75. The summed E-state index contributed by atoms with van der Waals surface area (Å²) in [5.74, 6) is -1.50. The molecule has 2 aromatic rings. The lowest BCUT2D eigenvalue weighted by molar-refractivity contribution is -0.384. The largest absolute Gasteiger partial charge is 0.492 e. The van der Waals surface area contributed by atoms with Gasteiger partial charge in [-0.25, -0.2) is 0 Å². The van der Waals surface area contributed by atoms with E-state index in [4.69, 9.17) is 4.74 Å². The summed E-state index contributed by atoms with van der Waals surface area (Å²) in [4.78, 5) is 65.8. The third-order valence-corrected chi connectivity index (χ3v) is 6.88. The van der Waals surface area contributed by atoms with E-state index < -0.39 is 34.6 Å². The molecule has 3 aliphatic heterocycles. The second-order valence-electron chi connectivity index (χ2n) is 9.08. The first-order valence-electron chi connectivity index (χ1n) is 12.0. The topological polar surface area (TPSA) is 142 Å². The zero-order valence-corrected chi connectivity index (χ0v) is 19.9. The summed E-state index contributed by atoms with van der Waals surface area (Å²) in [6.07, 6.45) is 0.193. The van der Waals surface area contributed by atoms with Gasteiger partial charge in [-0.1, -0.05) is 6.07 Å². The van der Waals surface area contributed by atoms with Gasteiger partial charge in [-0.3, -0.25) is 44.4 Å². The monoisotopic (exact) mass is 507 g/mol. The summed E-state index contributed by atoms with van der Waals surface area (Å²) in [7, 11) is 0. The number of nitrogens with one attached hydrogen (secondary N) is 1. The molecular weight excluding hydrogens is 482 g/mol. The van der Waals surface area contributed by atoms with Crippen molar-refractivity contribution in [3.63, 3.8) is 0 Å². The first-order chi connectivity index (χ1) is 17.8. The lowest BCUT2D eigenvalue weighted by Gasteiger charge is -2.36. The zero-order valence-electron chi connectivity index (χ0n) is 19.9. The summed E-state index contributed by atoms with van der Waals surface area (Å²) < 4.78 is 5.71. The Labute approximate surface area is 211 Å². The Morgan fingerprint density at radius 1 is 0.973 bits per heavy atom. The van der Waals surface area contributed by atoms with Crippen LogP contribution in [0.4, 0.5) is 11.4 Å². The van der Waals surface area contributed by atoms with E-state index in [1.54, 1.807) is 24.3 Å². The molecule has 0 aromatic heterocycles. The summed E-state index contributed by atoms with van der Waals surface area (Å²) >= 11 is 0. The van der Waals surface area contributed by atoms with Gasteiger partial charge in [-0.05, 0) is 30.7 Å². The summed E-state index contributed by atoms with van der Waals surface area (Å²) in [6, 6.07) is 10.1. The first kappa shape index (κ1) is 24.4. The Balaban J connectivity index is 1.20. The third-order valence-electron chi connectivity index (χ3n) is 6.88. The van der Waals surface area contributed by atoms with Gasteiger partial charge in [-0.2, -0.15) is 0 Å². The van der Waals surface area contributed by atoms with Gasteiger partial charge >= 0.3 is 0 Å². The van der Waals surface area contributed by atoms with Crippen LogP contribution in [0, 0.1) is 10.1 Å². The fourth-order valence-electron chi connectivity index (χ4n) is 4.93. The van der Waals surface area contributed by atoms with Crippen LogP contribution in [0.25, 0.3) is 0 Å². The molecule has 2 fully saturated rings. The molecule has 0 aliphatic carbocycles. The van der Waals surface area contributed by atoms with Crippen LogP contribution in [-0.2, 0) is 9.59 Å². The molecule has 5 rings (SSSR count). The summed E-state index contributed by atoms with van der Waals surface area (Å²) in [6.45, 7) is 3.78. The van der Waals surface area contributed by atoms with Gasteiger partial charge in [0.1, 0.15) is 18.4 Å². The Morgan fingerprint density at radius 2 is 1.70 bits per heavy atom. The van der Waals surface area contributed by atoms with Crippen LogP contribution in [0.3, 0.4) is 0 Å². The van der Waals surface area contributed by atoms with Crippen LogP contribution in [0.1, 0.15) is 33.6 Å². The number of rotatable bonds is 7. The number of fused-ring (bicyclic) bond motifs is 1. The highest BCUT2D eigenvalue weighted by molar-refractivity contribution is 6.25. The van der Waals surface area contributed by atoms with Crippen molar-refractivity contribution in [2.24, 2.45) is 0 Å². The highest BCUT2D eigenvalue weighted by Gasteiger charge is 2.46. The van der Waals surface area contributed by atoms with Gasteiger partial charge in [0, 0.05) is 51.3 Å². The number of hydrogen-bond donors (Lipinski definition) is 1. The Kier molecular flexibility index (Phi) is 6.57. The first-order valence-corrected chi connectivity index (χ1v) is 12.0. The number of non-ortho nitro benzene ring substituents is 1. The molecule has 12 nitrogen and oxygen atoms in total. The SMILES string of the molecule is O=C1CCC(N2C(=O)c3cccc(N4CCN(CCOc5ccc([N+](=O)[O-])cc5)CC4)c3C2=O)C(=O)N1. The van der Waals surface area contributed by atoms with E-state index in [9.17, 15) is 29.3 Å². The highest BCUT2D eigenvalue weighted by Crippen LogP contribution is 2.34. The average Bonchev–Trinajstić information content (AvgIpc) is 3.15. The molecule has 1 unspecified atom stereocenters. The minimum Gasteiger partial charge on any atom is -0.492 e. The van der Waals surface area contributed by atoms with Gasteiger partial charge in [0.25, 0.3) is 17.5 Å². The number of carbonyl (C=O) groups excluding carboxylic acids is 4. The van der Waals surface area contributed by atoms with E-state index in [1.807, 2.05) is 6.07 Å². The maximum absolute atomic E-state index is 13.3. The van der Waals surface area contributed by atoms with Crippen molar-refractivity contribution in [3.8, 4) is 5.75 Å². The molecule has 0 radical (unpaired) electrons. The number of hydrogen-bond acceptors (Lipinski definition) is 9. The smallest absolute Gasteiger partial charge is 0.269 e. The summed E-state index contributed by atoms with van der Waals surface area (Å²) in [5.41, 5.74) is 1.24.